The number of amides is 1. The van der Waals surface area contributed by atoms with Crippen molar-refractivity contribution in [3.8, 4) is 0 Å². The van der Waals surface area contributed by atoms with E-state index in [4.69, 9.17) is 0 Å². The lowest BCUT2D eigenvalue weighted by Gasteiger charge is -2.44. The van der Waals surface area contributed by atoms with Gasteiger partial charge in [0.15, 0.2) is 0 Å². The molecule has 1 aromatic heterocycles. The first-order chi connectivity index (χ1) is 17.7. The molecule has 1 saturated heterocycles. The summed E-state index contributed by atoms with van der Waals surface area (Å²) in [5.74, 6) is -0.356. The van der Waals surface area contributed by atoms with Crippen LogP contribution in [0.15, 0.2) is 65.9 Å². The summed E-state index contributed by atoms with van der Waals surface area (Å²) >= 11 is 0. The van der Waals surface area contributed by atoms with E-state index in [1.54, 1.807) is 0 Å². The molecule has 1 spiro atoms. The Morgan fingerprint density at radius 1 is 1.03 bits per heavy atom. The number of nitrogens with one attached hydrogen (secondary N) is 2. The van der Waals surface area contributed by atoms with Crippen LogP contribution < -0.4 is 5.32 Å². The summed E-state index contributed by atoms with van der Waals surface area (Å²) in [5, 5.41) is 4.43. The van der Waals surface area contributed by atoms with Crippen molar-refractivity contribution in [1.82, 2.24) is 10.3 Å². The van der Waals surface area contributed by atoms with Crippen molar-refractivity contribution in [3.05, 3.63) is 71.5 Å². The number of H-pyrrole nitrogens is 1. The van der Waals surface area contributed by atoms with Crippen LogP contribution >= 0.6 is 0 Å². The third-order valence-corrected chi connectivity index (χ3v) is 8.98. The largest absolute Gasteiger partial charge is 0.361 e. The number of Topliss-reactive ketones (excluding diaryl/α,β-unsaturated/α-hetero) is 2. The molecule has 0 saturated carbocycles. The topological polar surface area (TPSA) is 79.0 Å². The molecule has 2 N–H and O–H groups in total. The summed E-state index contributed by atoms with van der Waals surface area (Å²) in [5.41, 5.74) is 3.29. The highest BCUT2D eigenvalue weighted by molar-refractivity contribution is 6.10. The van der Waals surface area contributed by atoms with Gasteiger partial charge in [-0.1, -0.05) is 67.5 Å². The first kappa shape index (κ1) is 25.4. The maximum atomic E-state index is 14.2. The van der Waals surface area contributed by atoms with Crippen LogP contribution in [-0.4, -0.2) is 28.5 Å². The molecule has 0 radical (unpaired) electrons. The van der Waals surface area contributed by atoms with Gasteiger partial charge >= 0.3 is 0 Å². The van der Waals surface area contributed by atoms with Gasteiger partial charge in [0.2, 0.25) is 5.91 Å². The Morgan fingerprint density at radius 2 is 1.81 bits per heavy atom. The van der Waals surface area contributed by atoms with Crippen LogP contribution in [0, 0.1) is 29.1 Å². The fourth-order valence-corrected chi connectivity index (χ4v) is 7.15. The molecule has 1 aliphatic heterocycles. The van der Waals surface area contributed by atoms with Crippen LogP contribution in [-0.2, 0) is 20.8 Å². The van der Waals surface area contributed by atoms with Crippen molar-refractivity contribution in [2.45, 2.75) is 65.8 Å². The number of ketones is 2. The third kappa shape index (κ3) is 4.43. The maximum absolute atomic E-state index is 14.2. The molecule has 5 heteroatoms. The van der Waals surface area contributed by atoms with E-state index in [0.717, 1.165) is 28.5 Å². The van der Waals surface area contributed by atoms with Gasteiger partial charge in [-0.05, 0) is 50.2 Å². The lowest BCUT2D eigenvalue weighted by molar-refractivity contribution is -0.146. The van der Waals surface area contributed by atoms with E-state index in [-0.39, 0.29) is 60.0 Å². The molecule has 6 atom stereocenters. The molecule has 3 aliphatic rings. The van der Waals surface area contributed by atoms with Crippen molar-refractivity contribution in [3.63, 3.8) is 0 Å². The minimum atomic E-state index is -1.19. The standard InChI is InChI=1S/C32H38N2O3/c1-19-8-7-9-24-16-21(3)22(4)30-28(17-23-18-33-27-11-6-5-10-26(23)27)34-31(37)32(24,30)29(36)13-12-25(35)15-20(2)14-19/h5-7,9-11,14,16,18-19,22,24,28,30,33H,8,12-13,15,17H2,1-4H3,(H,34,37). The first-order valence-electron chi connectivity index (χ1n) is 13.6. The molecular formula is C32H38N2O3. The molecule has 5 rings (SSSR count). The number of aromatic nitrogens is 1. The highest BCUT2D eigenvalue weighted by atomic mass is 16.2. The second kappa shape index (κ2) is 9.92. The third-order valence-electron chi connectivity index (χ3n) is 8.98. The fraction of sp³-hybridized carbons (Fsp3) is 0.469. The van der Waals surface area contributed by atoms with Crippen LogP contribution in [0.25, 0.3) is 10.9 Å². The van der Waals surface area contributed by atoms with E-state index in [1.165, 1.54) is 5.57 Å². The zero-order chi connectivity index (χ0) is 26.3. The average molecular weight is 499 g/mol. The summed E-state index contributed by atoms with van der Waals surface area (Å²) in [7, 11) is 0. The van der Waals surface area contributed by atoms with Gasteiger partial charge in [-0.2, -0.15) is 0 Å². The lowest BCUT2D eigenvalue weighted by Crippen LogP contribution is -2.52. The summed E-state index contributed by atoms with van der Waals surface area (Å²) < 4.78 is 0. The molecular weight excluding hydrogens is 460 g/mol. The summed E-state index contributed by atoms with van der Waals surface area (Å²) in [6, 6.07) is 8.02. The van der Waals surface area contributed by atoms with E-state index < -0.39 is 5.41 Å². The Morgan fingerprint density at radius 3 is 2.62 bits per heavy atom. The second-order valence-corrected chi connectivity index (χ2v) is 11.6. The highest BCUT2D eigenvalue weighted by Gasteiger charge is 2.64. The number of benzene rings is 1. The molecule has 1 aromatic carbocycles. The van der Waals surface area contributed by atoms with Gasteiger partial charge in [0.1, 0.15) is 17.0 Å². The van der Waals surface area contributed by atoms with Crippen molar-refractivity contribution in [2.24, 2.45) is 29.1 Å². The number of hydrogen-bond acceptors (Lipinski definition) is 3. The number of fused-ring (bicyclic) bond motifs is 1. The predicted molar refractivity (Wildman–Crippen MR) is 147 cm³/mol. The number of para-hydroxylation sites is 1. The molecule has 1 fully saturated rings. The van der Waals surface area contributed by atoms with Gasteiger partial charge in [0, 0.05) is 54.2 Å². The minimum Gasteiger partial charge on any atom is -0.361 e. The Labute approximate surface area is 219 Å². The average Bonchev–Trinajstić information content (AvgIpc) is 3.39. The molecule has 0 bridgehead atoms. The maximum Gasteiger partial charge on any atom is 0.235 e. The molecule has 2 aromatic rings. The fourth-order valence-electron chi connectivity index (χ4n) is 7.15. The Kier molecular flexibility index (Phi) is 6.82. The van der Waals surface area contributed by atoms with Gasteiger partial charge in [0.25, 0.3) is 0 Å². The zero-order valence-corrected chi connectivity index (χ0v) is 22.3. The van der Waals surface area contributed by atoms with Gasteiger partial charge < -0.3 is 10.3 Å². The second-order valence-electron chi connectivity index (χ2n) is 11.6. The number of aromatic amines is 1. The van der Waals surface area contributed by atoms with E-state index in [1.807, 2.05) is 25.3 Å². The van der Waals surface area contributed by atoms with Crippen molar-refractivity contribution >= 4 is 28.4 Å². The number of carbonyl (C=O) groups excluding carboxylic acids is 3. The predicted octanol–water partition coefficient (Wildman–Crippen LogP) is 5.87. The zero-order valence-electron chi connectivity index (χ0n) is 22.3. The van der Waals surface area contributed by atoms with Crippen LogP contribution in [0.2, 0.25) is 0 Å². The molecule has 2 heterocycles. The lowest BCUT2D eigenvalue weighted by atomic mass is 9.54. The molecule has 194 valence electrons. The Balaban J connectivity index is 1.57. The SMILES string of the molecule is CC1=CC(C)CC=CC2C=C(C)C(C)C3C(Cc4c[nH]c5ccccc45)NC(=O)C23C(=O)CCC(=O)C1. The van der Waals surface area contributed by atoms with Crippen molar-refractivity contribution < 1.29 is 14.4 Å². The smallest absolute Gasteiger partial charge is 0.235 e. The van der Waals surface area contributed by atoms with E-state index in [0.29, 0.717) is 12.8 Å². The van der Waals surface area contributed by atoms with Crippen LogP contribution in [0.3, 0.4) is 0 Å². The van der Waals surface area contributed by atoms with Crippen molar-refractivity contribution in [1.29, 1.82) is 0 Å². The first-order valence-corrected chi connectivity index (χ1v) is 13.6. The number of rotatable bonds is 2. The van der Waals surface area contributed by atoms with E-state index >= 15 is 0 Å². The molecule has 6 unspecified atom stereocenters. The highest BCUT2D eigenvalue weighted by Crippen LogP contribution is 2.55. The minimum absolute atomic E-state index is 0.0651. The van der Waals surface area contributed by atoms with Crippen LogP contribution in [0.5, 0.6) is 0 Å². The van der Waals surface area contributed by atoms with E-state index in [9.17, 15) is 14.4 Å². The Bertz CT molecular complexity index is 1330. The van der Waals surface area contributed by atoms with Crippen LogP contribution in [0.4, 0.5) is 0 Å². The molecule has 37 heavy (non-hydrogen) atoms. The van der Waals surface area contributed by atoms with Gasteiger partial charge in [0.05, 0.1) is 0 Å². The number of hydrogen-bond donors (Lipinski definition) is 2. The normalized spacial score (nSPS) is 33.0. The van der Waals surface area contributed by atoms with Crippen molar-refractivity contribution in [2.75, 3.05) is 0 Å². The van der Waals surface area contributed by atoms with Crippen LogP contribution in [0.1, 0.15) is 58.9 Å². The van der Waals surface area contributed by atoms with Gasteiger partial charge in [-0.15, -0.1) is 0 Å². The monoisotopic (exact) mass is 498 g/mol. The Hall–Kier alpha value is -3.21. The molecule has 5 nitrogen and oxygen atoms in total. The number of allylic oxidation sites excluding steroid dienone is 6. The summed E-state index contributed by atoms with van der Waals surface area (Å²) in [6.45, 7) is 8.40. The van der Waals surface area contributed by atoms with E-state index in [2.05, 4.69) is 67.5 Å². The van der Waals surface area contributed by atoms with Gasteiger partial charge in [-0.3, -0.25) is 14.4 Å². The summed E-state index contributed by atoms with van der Waals surface area (Å²) in [4.78, 5) is 44.3. The summed E-state index contributed by atoms with van der Waals surface area (Å²) in [6.07, 6.45) is 12.7. The molecule has 2 aliphatic carbocycles. The quantitative estimate of drug-likeness (QED) is 0.401. The van der Waals surface area contributed by atoms with Gasteiger partial charge in [-0.25, -0.2) is 0 Å². The number of carbonyl (C=O) groups is 3. The molecule has 1 amide bonds.